The van der Waals surface area contributed by atoms with E-state index in [4.69, 9.17) is 0 Å². The second-order valence-corrected chi connectivity index (χ2v) is 9.33. The van der Waals surface area contributed by atoms with Crippen LogP contribution in [0.5, 0.6) is 0 Å². The van der Waals surface area contributed by atoms with E-state index in [0.717, 1.165) is 23.7 Å². The van der Waals surface area contributed by atoms with Crippen molar-refractivity contribution >= 4 is 23.1 Å². The van der Waals surface area contributed by atoms with Crippen LogP contribution in [-0.4, -0.2) is 9.97 Å². The predicted molar refractivity (Wildman–Crippen MR) is 124 cm³/mol. The average Bonchev–Trinajstić information content (AvgIpc) is 2.68. The quantitative estimate of drug-likeness (QED) is 0.415. The van der Waals surface area contributed by atoms with Crippen molar-refractivity contribution in [3.8, 4) is 0 Å². The van der Waals surface area contributed by atoms with Crippen molar-refractivity contribution in [3.05, 3.63) is 71.4 Å². The van der Waals surface area contributed by atoms with Crippen molar-refractivity contribution in [3.63, 3.8) is 0 Å². The molecule has 0 bridgehead atoms. The largest absolute Gasteiger partial charge is 0.421 e. The lowest BCUT2D eigenvalue weighted by atomic mass is 9.87. The van der Waals surface area contributed by atoms with Gasteiger partial charge < -0.3 is 10.6 Å². The molecule has 4 nitrogen and oxygen atoms in total. The number of aromatic nitrogens is 2. The molecule has 3 rings (SSSR count). The van der Waals surface area contributed by atoms with Crippen LogP contribution >= 0.6 is 0 Å². The Balaban J connectivity index is 1.85. The van der Waals surface area contributed by atoms with Crippen LogP contribution in [0.25, 0.3) is 0 Å². The van der Waals surface area contributed by atoms with Gasteiger partial charge in [-0.15, -0.1) is 0 Å². The maximum absolute atomic E-state index is 13.5. The van der Waals surface area contributed by atoms with Gasteiger partial charge in [0.05, 0.1) is 0 Å². The molecule has 0 unspecified atom stereocenters. The number of halogens is 3. The zero-order chi connectivity index (χ0) is 23.5. The average molecular weight is 443 g/mol. The molecular weight excluding hydrogens is 413 g/mol. The van der Waals surface area contributed by atoms with E-state index < -0.39 is 11.7 Å². The zero-order valence-electron chi connectivity index (χ0n) is 19.0. The van der Waals surface area contributed by atoms with Gasteiger partial charge in [-0.3, -0.25) is 0 Å². The topological polar surface area (TPSA) is 49.8 Å². The molecule has 1 heterocycles. The number of benzene rings is 2. The predicted octanol–water partition coefficient (Wildman–Crippen LogP) is 7.48. The fraction of sp³-hybridized carbons (Fsp3) is 0.360. The Hall–Kier alpha value is -3.09. The molecule has 32 heavy (non-hydrogen) atoms. The summed E-state index contributed by atoms with van der Waals surface area (Å²) in [5.41, 5.74) is 2.59. The molecule has 0 saturated heterocycles. The van der Waals surface area contributed by atoms with Crippen molar-refractivity contribution in [1.29, 1.82) is 0 Å². The van der Waals surface area contributed by atoms with Gasteiger partial charge in [0.2, 0.25) is 5.95 Å². The number of nitrogens with one attached hydrogen (secondary N) is 2. The summed E-state index contributed by atoms with van der Waals surface area (Å²) in [6, 6.07) is 15.0. The minimum Gasteiger partial charge on any atom is -0.340 e. The van der Waals surface area contributed by atoms with E-state index in [9.17, 15) is 13.2 Å². The summed E-state index contributed by atoms with van der Waals surface area (Å²) >= 11 is 0. The minimum absolute atomic E-state index is 0.00515. The van der Waals surface area contributed by atoms with Crippen molar-refractivity contribution in [2.24, 2.45) is 5.92 Å². The zero-order valence-corrected chi connectivity index (χ0v) is 19.0. The van der Waals surface area contributed by atoms with Gasteiger partial charge in [-0.25, -0.2) is 4.98 Å². The van der Waals surface area contributed by atoms with E-state index in [1.165, 1.54) is 0 Å². The van der Waals surface area contributed by atoms with E-state index in [0.29, 0.717) is 17.3 Å². The highest BCUT2D eigenvalue weighted by atomic mass is 19.4. The molecule has 0 aliphatic heterocycles. The van der Waals surface area contributed by atoms with Gasteiger partial charge >= 0.3 is 6.18 Å². The summed E-state index contributed by atoms with van der Waals surface area (Å²) < 4.78 is 40.6. The highest BCUT2D eigenvalue weighted by molar-refractivity contribution is 5.63. The van der Waals surface area contributed by atoms with Gasteiger partial charge in [0.1, 0.15) is 11.4 Å². The maximum Gasteiger partial charge on any atom is 0.421 e. The first-order valence-corrected chi connectivity index (χ1v) is 10.6. The third-order valence-electron chi connectivity index (χ3n) is 4.96. The molecule has 0 amide bonds. The van der Waals surface area contributed by atoms with Crippen LogP contribution in [0.15, 0.2) is 54.7 Å². The highest BCUT2D eigenvalue weighted by Gasteiger charge is 2.35. The van der Waals surface area contributed by atoms with E-state index in [1.807, 2.05) is 36.4 Å². The lowest BCUT2D eigenvalue weighted by Crippen LogP contribution is -2.13. The molecule has 2 aromatic carbocycles. The minimum atomic E-state index is -4.58. The van der Waals surface area contributed by atoms with Crippen molar-refractivity contribution in [1.82, 2.24) is 9.97 Å². The highest BCUT2D eigenvalue weighted by Crippen LogP contribution is 2.35. The van der Waals surface area contributed by atoms with Gasteiger partial charge in [-0.2, -0.15) is 18.2 Å². The number of hydrogen-bond acceptors (Lipinski definition) is 4. The summed E-state index contributed by atoms with van der Waals surface area (Å²) in [4.78, 5) is 8.00. The van der Waals surface area contributed by atoms with Gasteiger partial charge in [-0.05, 0) is 53.1 Å². The van der Waals surface area contributed by atoms with Crippen LogP contribution in [0.4, 0.5) is 36.3 Å². The summed E-state index contributed by atoms with van der Waals surface area (Å²) in [5.74, 6) is 0.289. The van der Waals surface area contributed by atoms with Crippen LogP contribution in [0.2, 0.25) is 0 Å². The van der Waals surface area contributed by atoms with Crippen LogP contribution in [0, 0.1) is 5.92 Å². The fourth-order valence-electron chi connectivity index (χ4n) is 3.26. The first-order chi connectivity index (χ1) is 14.9. The fourth-order valence-corrected chi connectivity index (χ4v) is 3.26. The Bertz CT molecular complexity index is 1030. The number of anilines is 4. The molecule has 170 valence electrons. The van der Waals surface area contributed by atoms with Gasteiger partial charge in [0.15, 0.2) is 0 Å². The molecule has 7 heteroatoms. The Morgan fingerprint density at radius 3 is 1.94 bits per heavy atom. The molecular formula is C25H29F3N4. The SMILES string of the molecule is CC(C)Cc1ccc(Nc2nc(Nc3ccc(C(C)(C)C)cc3)ncc2C(F)(F)F)cc1. The summed E-state index contributed by atoms with van der Waals surface area (Å²) in [7, 11) is 0. The molecule has 3 aromatic rings. The summed E-state index contributed by atoms with van der Waals surface area (Å²) in [6.07, 6.45) is -2.87. The molecule has 2 N–H and O–H groups in total. The second-order valence-electron chi connectivity index (χ2n) is 9.33. The Morgan fingerprint density at radius 2 is 1.41 bits per heavy atom. The number of hydrogen-bond donors (Lipinski definition) is 2. The van der Waals surface area contributed by atoms with Gasteiger partial charge in [0, 0.05) is 17.6 Å². The van der Waals surface area contributed by atoms with Crippen LogP contribution < -0.4 is 10.6 Å². The molecule has 0 atom stereocenters. The molecule has 0 aliphatic rings. The first-order valence-electron chi connectivity index (χ1n) is 10.6. The summed E-state index contributed by atoms with van der Waals surface area (Å²) in [5, 5.41) is 5.79. The second kappa shape index (κ2) is 9.18. The standard InChI is InChI=1S/C25H29F3N4/c1-16(2)14-17-6-10-19(11-7-17)30-22-21(25(26,27)28)15-29-23(32-22)31-20-12-8-18(9-13-20)24(3,4)5/h6-13,15-16H,14H2,1-5H3,(H2,29,30,31,32). The molecule has 0 saturated carbocycles. The third kappa shape index (κ3) is 6.22. The van der Waals surface area contributed by atoms with Gasteiger partial charge in [0.25, 0.3) is 0 Å². The first kappa shape index (κ1) is 23.6. The van der Waals surface area contributed by atoms with Crippen molar-refractivity contribution in [2.75, 3.05) is 10.6 Å². The van der Waals surface area contributed by atoms with Crippen molar-refractivity contribution < 1.29 is 13.2 Å². The van der Waals surface area contributed by atoms with Gasteiger partial charge in [-0.1, -0.05) is 58.9 Å². The van der Waals surface area contributed by atoms with E-state index in [1.54, 1.807) is 12.1 Å². The van der Waals surface area contributed by atoms with E-state index >= 15 is 0 Å². The summed E-state index contributed by atoms with van der Waals surface area (Å²) in [6.45, 7) is 10.6. The Kier molecular flexibility index (Phi) is 6.77. The molecule has 0 spiro atoms. The number of nitrogens with zero attached hydrogens (tertiary/aromatic N) is 2. The van der Waals surface area contributed by atoms with Crippen LogP contribution in [0.1, 0.15) is 51.3 Å². The lowest BCUT2D eigenvalue weighted by molar-refractivity contribution is -0.137. The molecule has 1 aromatic heterocycles. The number of alkyl halides is 3. The smallest absolute Gasteiger partial charge is 0.340 e. The van der Waals surface area contributed by atoms with E-state index in [2.05, 4.69) is 55.2 Å². The molecule has 0 fully saturated rings. The van der Waals surface area contributed by atoms with Crippen molar-refractivity contribution in [2.45, 2.75) is 52.6 Å². The van der Waals surface area contributed by atoms with Crippen LogP contribution in [0.3, 0.4) is 0 Å². The lowest BCUT2D eigenvalue weighted by Gasteiger charge is -2.19. The molecule has 0 aliphatic carbocycles. The number of rotatable bonds is 6. The molecule has 0 radical (unpaired) electrons. The van der Waals surface area contributed by atoms with E-state index in [-0.39, 0.29) is 17.2 Å². The third-order valence-corrected chi connectivity index (χ3v) is 4.96. The van der Waals surface area contributed by atoms with Crippen LogP contribution in [-0.2, 0) is 18.0 Å². The normalized spacial score (nSPS) is 12.2. The monoisotopic (exact) mass is 442 g/mol. The maximum atomic E-state index is 13.5. The Labute approximate surface area is 187 Å². The Morgan fingerprint density at radius 1 is 0.844 bits per heavy atom.